The highest BCUT2D eigenvalue weighted by molar-refractivity contribution is 8.25. The Bertz CT molecular complexity index is 96.2. The van der Waals surface area contributed by atoms with Gasteiger partial charge in [0.1, 0.15) is 0 Å². The number of hydrogen-bond acceptors (Lipinski definition) is 5. The second-order valence-electron chi connectivity index (χ2n) is 2.03. The topological polar surface area (TPSA) is 0 Å². The Hall–Kier alpha value is 1.75. The normalized spacial score (nSPS) is 41.7. The molecule has 10 heavy (non-hydrogen) atoms. The van der Waals surface area contributed by atoms with E-state index in [0.29, 0.717) is 13.7 Å². The molecule has 0 radical (unpaired) electrons. The molecule has 0 aliphatic carbocycles. The van der Waals surface area contributed by atoms with Gasteiger partial charge in [0.25, 0.3) is 0 Å². The van der Waals surface area contributed by atoms with Gasteiger partial charge >= 0.3 is 0 Å². The van der Waals surface area contributed by atoms with E-state index in [-0.39, 0.29) is 0 Å². The Labute approximate surface area is 86.9 Å². The van der Waals surface area contributed by atoms with E-state index in [0.717, 1.165) is 12.2 Å². The molecule has 0 aromatic carbocycles. The van der Waals surface area contributed by atoms with Crippen LogP contribution in [0, 0.1) is 0 Å². The zero-order valence-electron chi connectivity index (χ0n) is 5.30. The molecule has 0 amide bonds. The van der Waals surface area contributed by atoms with E-state index in [2.05, 4.69) is 37.9 Å². The van der Waals surface area contributed by atoms with E-state index in [9.17, 15) is 0 Å². The average Bonchev–Trinajstić information content (AvgIpc) is 1.85. The molecule has 1 fully saturated rings. The van der Waals surface area contributed by atoms with Crippen LogP contribution in [0.2, 0.25) is 0 Å². The van der Waals surface area contributed by atoms with Gasteiger partial charge in [0.15, 0.2) is 0 Å². The van der Waals surface area contributed by atoms with Crippen LogP contribution in [0.3, 0.4) is 0 Å². The summed E-state index contributed by atoms with van der Waals surface area (Å²) in [7, 11) is 0. The molecule has 1 heterocycles. The van der Waals surface area contributed by atoms with Crippen molar-refractivity contribution in [1.82, 2.24) is 0 Å². The lowest BCUT2D eigenvalue weighted by molar-refractivity contribution is 1.02. The van der Waals surface area contributed by atoms with Gasteiger partial charge in [-0.1, -0.05) is 0 Å². The summed E-state index contributed by atoms with van der Waals surface area (Å²) in [5.74, 6) is 0.920. The van der Waals surface area contributed by atoms with Crippen molar-refractivity contribution in [3.8, 4) is 0 Å². The minimum Gasteiger partial charge on any atom is -0.177 e. The predicted octanol–water partition coefficient (Wildman–Crippen LogP) is 2.62. The highest BCUT2D eigenvalue weighted by Gasteiger charge is 2.24. The van der Waals surface area contributed by atoms with Crippen LogP contribution in [-0.4, -0.2) is 19.5 Å². The first-order chi connectivity index (χ1) is 4.72. The smallest absolute Gasteiger partial charge is 0.0612 e. The predicted molar refractivity (Wildman–Crippen MR) is 63.0 cm³/mol. The van der Waals surface area contributed by atoms with Gasteiger partial charge in [0.2, 0.25) is 0 Å². The van der Waals surface area contributed by atoms with Gasteiger partial charge in [-0.3, -0.25) is 0 Å². The Morgan fingerprint density at radius 2 is 1.70 bits per heavy atom. The molecule has 1 aliphatic heterocycles. The molecule has 0 aromatic rings. The monoisotopic (exact) mass is 230 g/mol. The SMILES string of the molecule is SCC1SC(S)CC(S)S1. The van der Waals surface area contributed by atoms with Crippen LogP contribution < -0.4 is 0 Å². The Balaban J connectivity index is 2.35. The lowest BCUT2D eigenvalue weighted by atomic mass is 10.5. The van der Waals surface area contributed by atoms with Gasteiger partial charge in [-0.2, -0.15) is 37.9 Å². The molecule has 0 N–H and O–H groups in total. The van der Waals surface area contributed by atoms with Crippen LogP contribution in [0.4, 0.5) is 0 Å². The summed E-state index contributed by atoms with van der Waals surface area (Å²) in [5.41, 5.74) is 0. The third-order valence-corrected chi connectivity index (χ3v) is 5.80. The first-order valence-corrected chi connectivity index (χ1v) is 6.55. The van der Waals surface area contributed by atoms with Crippen molar-refractivity contribution in [2.75, 3.05) is 5.75 Å². The molecule has 0 spiro atoms. The van der Waals surface area contributed by atoms with Crippen molar-refractivity contribution in [3.05, 3.63) is 0 Å². The summed E-state index contributed by atoms with van der Waals surface area (Å²) < 4.78 is 1.50. The second kappa shape index (κ2) is 4.70. The van der Waals surface area contributed by atoms with Crippen molar-refractivity contribution < 1.29 is 0 Å². The van der Waals surface area contributed by atoms with Crippen molar-refractivity contribution in [2.45, 2.75) is 20.2 Å². The Morgan fingerprint density at radius 1 is 1.20 bits per heavy atom. The zero-order chi connectivity index (χ0) is 7.56. The zero-order valence-corrected chi connectivity index (χ0v) is 9.62. The van der Waals surface area contributed by atoms with Crippen molar-refractivity contribution in [2.24, 2.45) is 0 Å². The van der Waals surface area contributed by atoms with Crippen molar-refractivity contribution in [3.63, 3.8) is 0 Å². The Kier molecular flexibility index (Phi) is 4.62. The molecule has 1 aliphatic rings. The molecule has 0 bridgehead atoms. The van der Waals surface area contributed by atoms with Crippen molar-refractivity contribution in [1.29, 1.82) is 0 Å². The quantitative estimate of drug-likeness (QED) is 0.593. The summed E-state index contributed by atoms with van der Waals surface area (Å²) in [5, 5.41) is 0. The van der Waals surface area contributed by atoms with Crippen LogP contribution in [0.5, 0.6) is 0 Å². The van der Waals surface area contributed by atoms with Crippen LogP contribution in [0.1, 0.15) is 6.42 Å². The van der Waals surface area contributed by atoms with E-state index >= 15 is 0 Å². The molecule has 5 heteroatoms. The number of thiol groups is 3. The molecule has 1 saturated heterocycles. The fraction of sp³-hybridized carbons (Fsp3) is 1.00. The molecule has 0 saturated carbocycles. The van der Waals surface area contributed by atoms with Gasteiger partial charge in [-0.05, 0) is 6.42 Å². The molecular weight excluding hydrogens is 220 g/mol. The maximum absolute atomic E-state index is 4.40. The molecule has 60 valence electrons. The fourth-order valence-corrected chi connectivity index (χ4v) is 6.18. The molecule has 0 nitrogen and oxygen atoms in total. The molecule has 0 aromatic heterocycles. The molecular formula is C5H10S5. The van der Waals surface area contributed by atoms with E-state index in [1.807, 2.05) is 23.5 Å². The highest BCUT2D eigenvalue weighted by Crippen LogP contribution is 2.43. The number of hydrogen-bond donors (Lipinski definition) is 3. The Morgan fingerprint density at radius 3 is 2.10 bits per heavy atom. The van der Waals surface area contributed by atoms with Gasteiger partial charge < -0.3 is 0 Å². The number of rotatable bonds is 1. The average molecular weight is 230 g/mol. The fourth-order valence-electron chi connectivity index (χ4n) is 0.752. The summed E-state index contributed by atoms with van der Waals surface area (Å²) >= 11 is 16.8. The molecule has 1 rings (SSSR count). The maximum atomic E-state index is 4.40. The highest BCUT2D eigenvalue weighted by atomic mass is 32.2. The molecule has 2 unspecified atom stereocenters. The number of thioether (sulfide) groups is 2. The summed E-state index contributed by atoms with van der Waals surface area (Å²) in [6.45, 7) is 0. The largest absolute Gasteiger partial charge is 0.177 e. The van der Waals surface area contributed by atoms with Crippen molar-refractivity contribution >= 4 is 61.4 Å². The van der Waals surface area contributed by atoms with Gasteiger partial charge in [0.05, 0.1) is 13.7 Å². The van der Waals surface area contributed by atoms with Gasteiger partial charge in [0, 0.05) is 5.75 Å². The van der Waals surface area contributed by atoms with Gasteiger partial charge in [-0.15, -0.1) is 23.5 Å². The first kappa shape index (κ1) is 9.84. The standard InChI is InChI=1S/C5H10S5/c6-2-5-9-3(7)1-4(8)10-5/h3-8H,1-2H2. The summed E-state index contributed by atoms with van der Waals surface area (Å²) in [4.78, 5) is 0. The van der Waals surface area contributed by atoms with E-state index in [1.54, 1.807) is 0 Å². The van der Waals surface area contributed by atoms with E-state index < -0.39 is 0 Å². The van der Waals surface area contributed by atoms with Crippen LogP contribution in [0.15, 0.2) is 0 Å². The van der Waals surface area contributed by atoms with Crippen LogP contribution >= 0.6 is 61.4 Å². The van der Waals surface area contributed by atoms with Crippen LogP contribution in [0.25, 0.3) is 0 Å². The lowest BCUT2D eigenvalue weighted by Crippen LogP contribution is -2.17. The maximum Gasteiger partial charge on any atom is 0.0612 e. The molecule has 2 atom stereocenters. The van der Waals surface area contributed by atoms with E-state index in [1.165, 1.54) is 0 Å². The second-order valence-corrected chi connectivity index (χ2v) is 7.46. The lowest BCUT2D eigenvalue weighted by Gasteiger charge is -2.28. The van der Waals surface area contributed by atoms with Crippen LogP contribution in [-0.2, 0) is 0 Å². The minimum atomic E-state index is 0.459. The third kappa shape index (κ3) is 3.01. The third-order valence-electron chi connectivity index (χ3n) is 1.17. The van der Waals surface area contributed by atoms with Gasteiger partial charge in [-0.25, -0.2) is 0 Å². The summed E-state index contributed by atoms with van der Waals surface area (Å²) in [6, 6.07) is 0. The minimum absolute atomic E-state index is 0.459. The van der Waals surface area contributed by atoms with E-state index in [4.69, 9.17) is 0 Å². The first-order valence-electron chi connectivity index (χ1n) is 3.00. The summed E-state index contributed by atoms with van der Waals surface area (Å²) in [6.07, 6.45) is 1.09.